The Morgan fingerprint density at radius 1 is 1.11 bits per heavy atom. The smallest absolute Gasteiger partial charge is 0.335 e. The quantitative estimate of drug-likeness (QED) is 0.652. The molecule has 28 heavy (non-hydrogen) atoms. The fourth-order valence-corrected chi connectivity index (χ4v) is 3.42. The van der Waals surface area contributed by atoms with Crippen molar-refractivity contribution in [2.75, 3.05) is 23.3 Å². The van der Waals surface area contributed by atoms with Gasteiger partial charge in [-0.3, -0.25) is 4.79 Å². The number of amides is 1. The van der Waals surface area contributed by atoms with Crippen LogP contribution in [0.1, 0.15) is 42.1 Å². The molecule has 0 aliphatic carbocycles. The first-order chi connectivity index (χ1) is 13.5. The van der Waals surface area contributed by atoms with Crippen molar-refractivity contribution in [3.05, 3.63) is 59.7 Å². The standard InChI is InChI=1S/C22H27N3O3/c1-16(23-15-17-6-4-7-18(13-17)22(27)28)12-21(26)24-19-8-5-9-20(14-19)25-10-2-3-11-25/h4-9,13-14,16,23H,2-3,10-12,15H2,1H3,(H,24,26)(H,27,28). The molecular weight excluding hydrogens is 354 g/mol. The molecule has 0 bridgehead atoms. The summed E-state index contributed by atoms with van der Waals surface area (Å²) in [5.74, 6) is -0.983. The van der Waals surface area contributed by atoms with Crippen LogP contribution in [-0.4, -0.2) is 36.1 Å². The van der Waals surface area contributed by atoms with E-state index in [4.69, 9.17) is 5.11 Å². The van der Waals surface area contributed by atoms with Crippen LogP contribution in [0.3, 0.4) is 0 Å². The zero-order valence-electron chi connectivity index (χ0n) is 16.1. The van der Waals surface area contributed by atoms with Gasteiger partial charge in [0.05, 0.1) is 5.56 Å². The minimum atomic E-state index is -0.939. The van der Waals surface area contributed by atoms with E-state index in [2.05, 4.69) is 21.6 Å². The second kappa shape index (κ2) is 9.37. The lowest BCUT2D eigenvalue weighted by molar-refractivity contribution is -0.116. The van der Waals surface area contributed by atoms with Gasteiger partial charge in [-0.1, -0.05) is 18.2 Å². The number of anilines is 2. The number of aromatic carboxylic acids is 1. The number of carbonyl (C=O) groups is 2. The zero-order valence-corrected chi connectivity index (χ0v) is 16.1. The third kappa shape index (κ3) is 5.57. The summed E-state index contributed by atoms with van der Waals surface area (Å²) in [5, 5.41) is 15.3. The number of rotatable bonds is 8. The average Bonchev–Trinajstić information content (AvgIpc) is 3.21. The van der Waals surface area contributed by atoms with Crippen LogP contribution in [0, 0.1) is 0 Å². The summed E-state index contributed by atoms with van der Waals surface area (Å²) < 4.78 is 0. The van der Waals surface area contributed by atoms with Crippen LogP contribution >= 0.6 is 0 Å². The second-order valence-electron chi connectivity index (χ2n) is 7.28. The molecule has 1 atom stereocenters. The Morgan fingerprint density at radius 3 is 2.61 bits per heavy atom. The largest absolute Gasteiger partial charge is 0.478 e. The van der Waals surface area contributed by atoms with Gasteiger partial charge in [0.25, 0.3) is 0 Å². The molecule has 1 aliphatic heterocycles. The second-order valence-corrected chi connectivity index (χ2v) is 7.28. The molecular formula is C22H27N3O3. The summed E-state index contributed by atoms with van der Waals surface area (Å²) in [4.78, 5) is 25.7. The van der Waals surface area contributed by atoms with Gasteiger partial charge in [0, 0.05) is 43.5 Å². The van der Waals surface area contributed by atoms with E-state index in [0.717, 1.165) is 30.0 Å². The molecule has 148 valence electrons. The lowest BCUT2D eigenvalue weighted by atomic mass is 10.1. The molecule has 2 aromatic rings. The Bertz CT molecular complexity index is 831. The van der Waals surface area contributed by atoms with E-state index < -0.39 is 5.97 Å². The lowest BCUT2D eigenvalue weighted by Gasteiger charge is -2.19. The number of carboxylic acids is 1. The molecule has 3 N–H and O–H groups in total. The minimum absolute atomic E-state index is 0.0322. The fourth-order valence-electron chi connectivity index (χ4n) is 3.42. The molecule has 1 saturated heterocycles. The van der Waals surface area contributed by atoms with E-state index in [1.54, 1.807) is 18.2 Å². The third-order valence-corrected chi connectivity index (χ3v) is 4.92. The number of carboxylic acid groups (broad SMARTS) is 1. The van der Waals surface area contributed by atoms with Crippen molar-refractivity contribution in [3.63, 3.8) is 0 Å². The molecule has 1 unspecified atom stereocenters. The van der Waals surface area contributed by atoms with Crippen molar-refractivity contribution in [2.45, 2.75) is 38.8 Å². The molecule has 0 radical (unpaired) electrons. The van der Waals surface area contributed by atoms with Crippen LogP contribution in [0.4, 0.5) is 11.4 Å². The van der Waals surface area contributed by atoms with Crippen molar-refractivity contribution in [2.24, 2.45) is 0 Å². The van der Waals surface area contributed by atoms with E-state index in [0.29, 0.717) is 13.0 Å². The Balaban J connectivity index is 1.48. The van der Waals surface area contributed by atoms with E-state index in [9.17, 15) is 9.59 Å². The lowest BCUT2D eigenvalue weighted by Crippen LogP contribution is -2.30. The highest BCUT2D eigenvalue weighted by Crippen LogP contribution is 2.23. The molecule has 6 nitrogen and oxygen atoms in total. The third-order valence-electron chi connectivity index (χ3n) is 4.92. The molecule has 1 amide bonds. The molecule has 2 aromatic carbocycles. The van der Waals surface area contributed by atoms with Gasteiger partial charge in [-0.15, -0.1) is 0 Å². The number of carbonyl (C=O) groups excluding carboxylic acids is 1. The Hall–Kier alpha value is -2.86. The van der Waals surface area contributed by atoms with Crippen molar-refractivity contribution in [1.82, 2.24) is 5.32 Å². The number of benzene rings is 2. The first kappa shape index (κ1) is 19.9. The van der Waals surface area contributed by atoms with E-state index in [-0.39, 0.29) is 17.5 Å². The monoisotopic (exact) mass is 381 g/mol. The van der Waals surface area contributed by atoms with Crippen LogP contribution in [0.2, 0.25) is 0 Å². The van der Waals surface area contributed by atoms with Gasteiger partial charge < -0.3 is 20.6 Å². The molecule has 0 aromatic heterocycles. The summed E-state index contributed by atoms with van der Waals surface area (Å²) in [6, 6.07) is 14.8. The summed E-state index contributed by atoms with van der Waals surface area (Å²) in [6.07, 6.45) is 2.77. The van der Waals surface area contributed by atoms with Gasteiger partial charge in [-0.2, -0.15) is 0 Å². The Labute approximate surface area is 165 Å². The van der Waals surface area contributed by atoms with Gasteiger partial charge >= 0.3 is 5.97 Å². The molecule has 1 fully saturated rings. The maximum Gasteiger partial charge on any atom is 0.335 e. The summed E-state index contributed by atoms with van der Waals surface area (Å²) in [6.45, 7) is 4.60. The average molecular weight is 381 g/mol. The first-order valence-corrected chi connectivity index (χ1v) is 9.72. The fraction of sp³-hybridized carbons (Fsp3) is 0.364. The first-order valence-electron chi connectivity index (χ1n) is 9.72. The van der Waals surface area contributed by atoms with Crippen molar-refractivity contribution in [3.8, 4) is 0 Å². The van der Waals surface area contributed by atoms with Crippen LogP contribution in [-0.2, 0) is 11.3 Å². The van der Waals surface area contributed by atoms with Crippen molar-refractivity contribution < 1.29 is 14.7 Å². The molecule has 1 aliphatic rings. The Morgan fingerprint density at radius 2 is 1.86 bits per heavy atom. The van der Waals surface area contributed by atoms with E-state index in [1.807, 2.05) is 31.2 Å². The van der Waals surface area contributed by atoms with Gasteiger partial charge in [0.2, 0.25) is 5.91 Å². The van der Waals surface area contributed by atoms with E-state index in [1.165, 1.54) is 12.8 Å². The maximum absolute atomic E-state index is 12.4. The summed E-state index contributed by atoms with van der Waals surface area (Å²) in [7, 11) is 0. The number of nitrogens with one attached hydrogen (secondary N) is 2. The van der Waals surface area contributed by atoms with Crippen LogP contribution in [0.5, 0.6) is 0 Å². The molecule has 0 saturated carbocycles. The van der Waals surface area contributed by atoms with Gasteiger partial charge in [0.1, 0.15) is 0 Å². The normalized spacial score (nSPS) is 14.7. The predicted octanol–water partition coefficient (Wildman–Crippen LogP) is 3.49. The van der Waals surface area contributed by atoms with Gasteiger partial charge in [-0.05, 0) is 55.7 Å². The molecule has 1 heterocycles. The SMILES string of the molecule is CC(CC(=O)Nc1cccc(N2CCCC2)c1)NCc1cccc(C(=O)O)c1. The molecule has 0 spiro atoms. The van der Waals surface area contributed by atoms with Crippen LogP contribution in [0.15, 0.2) is 48.5 Å². The van der Waals surface area contributed by atoms with Crippen LogP contribution in [0.25, 0.3) is 0 Å². The number of nitrogens with zero attached hydrogens (tertiary/aromatic N) is 1. The minimum Gasteiger partial charge on any atom is -0.478 e. The van der Waals surface area contributed by atoms with Crippen molar-refractivity contribution in [1.29, 1.82) is 0 Å². The highest BCUT2D eigenvalue weighted by atomic mass is 16.4. The number of hydrogen-bond donors (Lipinski definition) is 3. The van der Waals surface area contributed by atoms with Crippen LogP contribution < -0.4 is 15.5 Å². The van der Waals surface area contributed by atoms with Gasteiger partial charge in [-0.25, -0.2) is 4.79 Å². The number of hydrogen-bond acceptors (Lipinski definition) is 4. The molecule has 6 heteroatoms. The maximum atomic E-state index is 12.4. The summed E-state index contributed by atoms with van der Waals surface area (Å²) >= 11 is 0. The van der Waals surface area contributed by atoms with E-state index >= 15 is 0 Å². The van der Waals surface area contributed by atoms with Crippen molar-refractivity contribution >= 4 is 23.3 Å². The zero-order chi connectivity index (χ0) is 19.9. The highest BCUT2D eigenvalue weighted by molar-refractivity contribution is 5.91. The van der Waals surface area contributed by atoms with Gasteiger partial charge in [0.15, 0.2) is 0 Å². The summed E-state index contributed by atoms with van der Waals surface area (Å²) in [5.41, 5.74) is 3.11. The topological polar surface area (TPSA) is 81.7 Å². The molecule has 3 rings (SSSR count). The predicted molar refractivity (Wildman–Crippen MR) is 111 cm³/mol. The highest BCUT2D eigenvalue weighted by Gasteiger charge is 2.14. The Kier molecular flexibility index (Phi) is 6.66.